The maximum atomic E-state index is 11.5. The summed E-state index contributed by atoms with van der Waals surface area (Å²) in [5.41, 5.74) is 5.89. The Morgan fingerprint density at radius 1 is 0.931 bits per heavy atom. The first-order valence-corrected chi connectivity index (χ1v) is 20.1. The number of methoxy groups -OCH3 is 2. The molecule has 3 fully saturated rings. The third kappa shape index (κ3) is 13.2. The molecule has 5 N–H and O–H groups in total. The average molecular weight is 796 g/mol. The number of aromatic amines is 2. The number of hydrogen-bond donors (Lipinski definition) is 5. The summed E-state index contributed by atoms with van der Waals surface area (Å²) in [6.07, 6.45) is 13.7. The van der Waals surface area contributed by atoms with E-state index in [9.17, 15) is 14.4 Å². The van der Waals surface area contributed by atoms with E-state index >= 15 is 0 Å². The monoisotopic (exact) mass is 795 g/mol. The van der Waals surface area contributed by atoms with Crippen molar-refractivity contribution < 1.29 is 28.7 Å². The number of ether oxygens (including phenoxy) is 2. The molecule has 5 aromatic rings. The van der Waals surface area contributed by atoms with Gasteiger partial charge in [0.1, 0.15) is 17.9 Å². The van der Waals surface area contributed by atoms with Crippen LogP contribution < -0.4 is 16.0 Å². The number of aldehydes is 1. The third-order valence-electron chi connectivity index (χ3n) is 9.97. The zero-order valence-corrected chi connectivity index (χ0v) is 34.0. The van der Waals surface area contributed by atoms with Gasteiger partial charge in [0.25, 0.3) is 6.47 Å². The van der Waals surface area contributed by atoms with Gasteiger partial charge in [-0.3, -0.25) is 14.5 Å². The Balaban J connectivity index is 0.000000294. The van der Waals surface area contributed by atoms with Crippen LogP contribution in [0, 0.1) is 5.92 Å². The topological polar surface area (TPSA) is 196 Å². The van der Waals surface area contributed by atoms with Crippen molar-refractivity contribution in [3.8, 4) is 22.5 Å². The molecule has 2 aromatic carbocycles. The molecule has 0 bridgehead atoms. The molecule has 3 aromatic heterocycles. The van der Waals surface area contributed by atoms with Crippen LogP contribution in [0.4, 0.5) is 4.79 Å². The molecule has 4 heterocycles. The second-order valence-corrected chi connectivity index (χ2v) is 14.7. The van der Waals surface area contributed by atoms with E-state index < -0.39 is 6.09 Å². The van der Waals surface area contributed by atoms with Gasteiger partial charge < -0.3 is 40.2 Å². The maximum Gasteiger partial charge on any atom is 0.407 e. The van der Waals surface area contributed by atoms with Gasteiger partial charge in [-0.15, -0.1) is 0 Å². The number of likely N-dealkylation sites (tertiary alicyclic amines) is 1. The summed E-state index contributed by atoms with van der Waals surface area (Å²) < 4.78 is 8.21. The van der Waals surface area contributed by atoms with E-state index in [-0.39, 0.29) is 11.9 Å². The number of amides is 2. The lowest BCUT2D eigenvalue weighted by molar-refractivity contribution is -0.126. The van der Waals surface area contributed by atoms with Crippen molar-refractivity contribution in [1.29, 1.82) is 0 Å². The molecular weight excluding hydrogens is 739 g/mol. The van der Waals surface area contributed by atoms with E-state index in [1.54, 1.807) is 7.05 Å². The molecule has 2 amide bonds. The van der Waals surface area contributed by atoms with Crippen molar-refractivity contribution in [2.75, 3.05) is 47.9 Å². The second-order valence-electron chi connectivity index (χ2n) is 14.7. The molecule has 58 heavy (non-hydrogen) atoms. The number of pyridine rings is 1. The quantitative estimate of drug-likeness (QED) is 0.0666. The Morgan fingerprint density at radius 2 is 1.66 bits per heavy atom. The maximum absolute atomic E-state index is 11.5. The van der Waals surface area contributed by atoms with Gasteiger partial charge in [0.2, 0.25) is 5.91 Å². The Kier molecular flexibility index (Phi) is 16.7. The van der Waals surface area contributed by atoms with Crippen molar-refractivity contribution in [3.63, 3.8) is 0 Å². The van der Waals surface area contributed by atoms with Gasteiger partial charge in [-0.25, -0.2) is 19.7 Å². The lowest BCUT2D eigenvalue weighted by Crippen LogP contribution is -2.37. The van der Waals surface area contributed by atoms with Crippen molar-refractivity contribution in [1.82, 2.24) is 45.8 Å². The second kappa shape index (κ2) is 22.3. The van der Waals surface area contributed by atoms with E-state index in [2.05, 4.69) is 101 Å². The molecule has 1 aliphatic heterocycles. The standard InChI is InChI=1S/C31H36N8O.C7H11NO3.C3H6.C2H4O2/c1-32-19-29(40)33-14-4-3-7-28-34-18-26(35-28)23-11-9-20-16-22(10-8-21(20)17-23)24-12-13-25-30(36-24)38-31(37-25)27-6-5-15-39(27)2;1-11-7(10)8-6(4-9)5-2-3-5;1-2-3-1;1-4-2-3/h8-13,16-18,27,32H,3-7,14-15,19H2,1-2H3,(H,33,40)(H,34,35)(H,36,37,38);4-6H,2-3H2,1H3,(H,8,10);1-3H2;2H,1H3. The predicted molar refractivity (Wildman–Crippen MR) is 224 cm³/mol. The van der Waals surface area contributed by atoms with Gasteiger partial charge in [-0.1, -0.05) is 43.5 Å². The summed E-state index contributed by atoms with van der Waals surface area (Å²) in [6.45, 7) is 2.52. The van der Waals surface area contributed by atoms with E-state index in [1.807, 2.05) is 6.20 Å². The highest BCUT2D eigenvalue weighted by Crippen LogP contribution is 2.32. The average Bonchev–Trinajstić information content (AvgIpc) is 4.18. The summed E-state index contributed by atoms with van der Waals surface area (Å²) in [5.74, 6) is 2.35. The van der Waals surface area contributed by atoms with Crippen LogP contribution in [0.15, 0.2) is 54.7 Å². The number of nitrogens with one attached hydrogen (secondary N) is 5. The molecule has 3 aliphatic rings. The third-order valence-corrected chi connectivity index (χ3v) is 9.97. The molecule has 2 saturated carbocycles. The highest BCUT2D eigenvalue weighted by atomic mass is 16.5. The molecule has 0 radical (unpaired) electrons. The van der Waals surface area contributed by atoms with E-state index in [1.165, 1.54) is 50.7 Å². The first-order valence-electron chi connectivity index (χ1n) is 20.1. The summed E-state index contributed by atoms with van der Waals surface area (Å²) in [4.78, 5) is 65.1. The zero-order valence-electron chi connectivity index (χ0n) is 34.0. The number of alkyl carbamates (subject to hydrolysis) is 1. The fraction of sp³-hybridized carbons (Fsp3) is 0.465. The first kappa shape index (κ1) is 43.5. The van der Waals surface area contributed by atoms with Crippen LogP contribution in [0.1, 0.15) is 75.5 Å². The number of aromatic nitrogens is 5. The van der Waals surface area contributed by atoms with Crippen molar-refractivity contribution in [2.45, 2.75) is 76.3 Å². The van der Waals surface area contributed by atoms with Gasteiger partial charge in [0.15, 0.2) is 5.65 Å². The number of carbonyl (C=O) groups is 4. The number of benzene rings is 2. The number of aryl methyl sites for hydroxylation is 1. The Morgan fingerprint density at radius 3 is 2.28 bits per heavy atom. The number of rotatable bonds is 14. The molecule has 8 rings (SSSR count). The summed E-state index contributed by atoms with van der Waals surface area (Å²) >= 11 is 0. The number of unbranched alkanes of at least 4 members (excludes halogenated alkanes) is 1. The normalized spacial score (nSPS) is 16.0. The molecule has 310 valence electrons. The fourth-order valence-corrected chi connectivity index (χ4v) is 6.48. The predicted octanol–water partition coefficient (Wildman–Crippen LogP) is 5.87. The number of nitrogens with zero attached hydrogens (tertiary/aromatic N) is 4. The minimum absolute atomic E-state index is 0.0301. The molecule has 15 nitrogen and oxygen atoms in total. The molecule has 2 aliphatic carbocycles. The smallest absolute Gasteiger partial charge is 0.407 e. The number of imidazole rings is 2. The minimum Gasteiger partial charge on any atom is -0.471 e. The van der Waals surface area contributed by atoms with Crippen LogP contribution in [0.5, 0.6) is 0 Å². The Hall–Kier alpha value is -5.67. The van der Waals surface area contributed by atoms with E-state index in [0.717, 1.165) is 96.7 Å². The first-order chi connectivity index (χ1) is 28.3. The molecule has 15 heteroatoms. The number of fused-ring (bicyclic) bond motifs is 2. The number of hydrogen-bond acceptors (Lipinski definition) is 11. The van der Waals surface area contributed by atoms with E-state index in [4.69, 9.17) is 14.8 Å². The molecule has 2 unspecified atom stereocenters. The van der Waals surface area contributed by atoms with Gasteiger partial charge in [-0.05, 0) is 100 Å². The highest BCUT2D eigenvalue weighted by molar-refractivity contribution is 5.90. The van der Waals surface area contributed by atoms with Crippen LogP contribution >= 0.6 is 0 Å². The SMILES string of the molecule is C1CC1.CNCC(=O)NCCCCc1ncc(-c2ccc3cc(-c4ccc5[nH]c(C6CCCN6C)nc5n4)ccc3c2)[nH]1.COC(=O)NC(C=O)C1CC1.COC=O. The molecule has 0 spiro atoms. The summed E-state index contributed by atoms with van der Waals surface area (Å²) in [7, 11) is 6.52. The van der Waals surface area contributed by atoms with Crippen molar-refractivity contribution in [3.05, 3.63) is 66.4 Å². The van der Waals surface area contributed by atoms with Gasteiger partial charge in [0.05, 0.1) is 55.9 Å². The van der Waals surface area contributed by atoms with Crippen LogP contribution in [0.2, 0.25) is 0 Å². The Labute approximate surface area is 339 Å². The highest BCUT2D eigenvalue weighted by Gasteiger charge is 2.32. The lowest BCUT2D eigenvalue weighted by atomic mass is 10.0. The number of likely N-dealkylation sites (N-methyl/N-ethyl adjacent to an activating group) is 1. The van der Waals surface area contributed by atoms with Gasteiger partial charge in [-0.2, -0.15) is 0 Å². The van der Waals surface area contributed by atoms with Crippen molar-refractivity contribution >= 4 is 46.7 Å². The Bertz CT molecular complexity index is 2090. The number of H-pyrrole nitrogens is 2. The minimum atomic E-state index is -0.533. The summed E-state index contributed by atoms with van der Waals surface area (Å²) in [5, 5.41) is 10.5. The fourth-order valence-electron chi connectivity index (χ4n) is 6.48. The lowest BCUT2D eigenvalue weighted by Gasteiger charge is -2.16. The largest absolute Gasteiger partial charge is 0.471 e. The van der Waals surface area contributed by atoms with Crippen LogP contribution in [-0.2, 0) is 30.3 Å². The van der Waals surface area contributed by atoms with E-state index in [0.29, 0.717) is 31.5 Å². The van der Waals surface area contributed by atoms with Crippen LogP contribution in [0.3, 0.4) is 0 Å². The zero-order chi connectivity index (χ0) is 41.3. The van der Waals surface area contributed by atoms with Crippen LogP contribution in [-0.4, -0.2) is 109 Å². The van der Waals surface area contributed by atoms with Gasteiger partial charge in [0, 0.05) is 24.1 Å². The molecule has 1 saturated heterocycles. The molecule has 2 atom stereocenters. The summed E-state index contributed by atoms with van der Waals surface area (Å²) in [6, 6.07) is 17.1. The van der Waals surface area contributed by atoms with Crippen molar-refractivity contribution in [2.24, 2.45) is 5.92 Å². The number of carbonyl (C=O) groups excluding carboxylic acids is 4. The van der Waals surface area contributed by atoms with Crippen LogP contribution in [0.25, 0.3) is 44.5 Å². The van der Waals surface area contributed by atoms with Gasteiger partial charge >= 0.3 is 6.09 Å². The molecular formula is C43H57N9O6.